The van der Waals surface area contributed by atoms with Crippen LogP contribution in [0.25, 0.3) is 17.2 Å². The number of nitrogens with one attached hydrogen (secondary N) is 1. The largest absolute Gasteiger partial charge is 0.339 e. The molecule has 0 radical (unpaired) electrons. The lowest BCUT2D eigenvalue weighted by Crippen LogP contribution is -2.40. The van der Waals surface area contributed by atoms with E-state index >= 15 is 0 Å². The molecule has 168 valence electrons. The fraction of sp³-hybridized carbons (Fsp3) is 0.185. The van der Waals surface area contributed by atoms with E-state index in [1.54, 1.807) is 35.2 Å². The van der Waals surface area contributed by atoms with Crippen molar-refractivity contribution in [3.8, 4) is 11.1 Å². The van der Waals surface area contributed by atoms with Crippen LogP contribution in [0.4, 0.5) is 14.5 Å². The molecule has 1 aliphatic heterocycles. The van der Waals surface area contributed by atoms with E-state index in [9.17, 15) is 18.4 Å². The van der Waals surface area contributed by atoms with Crippen molar-refractivity contribution in [2.75, 3.05) is 18.4 Å². The summed E-state index contributed by atoms with van der Waals surface area (Å²) in [5, 5.41) is 2.67. The van der Waals surface area contributed by atoms with Crippen LogP contribution < -0.4 is 5.32 Å². The second kappa shape index (κ2) is 10.2. The fourth-order valence-corrected chi connectivity index (χ4v) is 3.97. The molecule has 1 fully saturated rings. The van der Waals surface area contributed by atoms with E-state index in [4.69, 9.17) is 0 Å². The Balaban J connectivity index is 1.40. The van der Waals surface area contributed by atoms with Crippen LogP contribution in [0.15, 0.2) is 78.9 Å². The van der Waals surface area contributed by atoms with Gasteiger partial charge in [-0.15, -0.1) is 0 Å². The summed E-state index contributed by atoms with van der Waals surface area (Å²) in [7, 11) is 0. The fourth-order valence-electron chi connectivity index (χ4n) is 3.97. The van der Waals surface area contributed by atoms with E-state index < -0.39 is 11.6 Å². The lowest BCUT2D eigenvalue weighted by Gasteiger charge is -2.30. The molecule has 3 aromatic rings. The van der Waals surface area contributed by atoms with Gasteiger partial charge in [0.15, 0.2) is 0 Å². The van der Waals surface area contributed by atoms with E-state index in [1.165, 1.54) is 12.1 Å². The van der Waals surface area contributed by atoms with Gasteiger partial charge in [0.1, 0.15) is 11.6 Å². The van der Waals surface area contributed by atoms with Crippen LogP contribution in [0.5, 0.6) is 0 Å². The Morgan fingerprint density at radius 2 is 1.55 bits per heavy atom. The summed E-state index contributed by atoms with van der Waals surface area (Å²) in [6, 6.07) is 20.3. The Morgan fingerprint density at radius 1 is 0.909 bits per heavy atom. The van der Waals surface area contributed by atoms with Crippen LogP contribution in [-0.4, -0.2) is 29.8 Å². The molecule has 4 nitrogen and oxygen atoms in total. The molecule has 2 amide bonds. The van der Waals surface area contributed by atoms with Gasteiger partial charge in [-0.05, 0) is 36.1 Å². The first-order valence-electron chi connectivity index (χ1n) is 10.9. The Bertz CT molecular complexity index is 1160. The van der Waals surface area contributed by atoms with E-state index in [1.807, 2.05) is 36.4 Å². The molecule has 0 aromatic heterocycles. The molecule has 0 unspecified atom stereocenters. The number of carbonyl (C=O) groups excluding carboxylic acids is 2. The molecule has 1 heterocycles. The molecule has 0 atom stereocenters. The molecule has 33 heavy (non-hydrogen) atoms. The highest BCUT2D eigenvalue weighted by molar-refractivity contribution is 5.97. The zero-order chi connectivity index (χ0) is 23.2. The van der Waals surface area contributed by atoms with Crippen molar-refractivity contribution in [2.24, 2.45) is 5.92 Å². The second-order valence-electron chi connectivity index (χ2n) is 8.01. The summed E-state index contributed by atoms with van der Waals surface area (Å²) >= 11 is 0. The summed E-state index contributed by atoms with van der Waals surface area (Å²) < 4.78 is 28.5. The van der Waals surface area contributed by atoms with Gasteiger partial charge in [0.25, 0.3) is 0 Å². The average molecular weight is 446 g/mol. The van der Waals surface area contributed by atoms with Gasteiger partial charge in [-0.3, -0.25) is 9.59 Å². The molecule has 0 spiro atoms. The number of carbonyl (C=O) groups is 2. The maximum absolute atomic E-state index is 14.6. The number of anilines is 1. The van der Waals surface area contributed by atoms with Gasteiger partial charge in [-0.2, -0.15) is 0 Å². The smallest absolute Gasteiger partial charge is 0.246 e. The number of likely N-dealkylation sites (tertiary alicyclic amines) is 1. The van der Waals surface area contributed by atoms with Crippen LogP contribution in [0.3, 0.4) is 0 Å². The predicted octanol–water partition coefficient (Wildman–Crippen LogP) is 5.52. The monoisotopic (exact) mass is 446 g/mol. The minimum absolute atomic E-state index is 0.0306. The van der Waals surface area contributed by atoms with Crippen molar-refractivity contribution in [3.63, 3.8) is 0 Å². The lowest BCUT2D eigenvalue weighted by molar-refractivity contribution is -0.130. The van der Waals surface area contributed by atoms with Crippen LogP contribution in [-0.2, 0) is 9.59 Å². The van der Waals surface area contributed by atoms with Gasteiger partial charge in [0.05, 0.1) is 5.69 Å². The summed E-state index contributed by atoms with van der Waals surface area (Å²) in [5.41, 5.74) is 1.81. The topological polar surface area (TPSA) is 49.4 Å². The van der Waals surface area contributed by atoms with Gasteiger partial charge in [-0.1, -0.05) is 60.7 Å². The number of hydrogen-bond donors (Lipinski definition) is 1. The Hall–Kier alpha value is -3.80. The molecule has 1 saturated heterocycles. The van der Waals surface area contributed by atoms with Crippen molar-refractivity contribution in [1.82, 2.24) is 4.90 Å². The minimum atomic E-state index is -0.819. The van der Waals surface area contributed by atoms with E-state index in [0.717, 1.165) is 11.6 Å². The zero-order valence-electron chi connectivity index (χ0n) is 18.0. The van der Waals surface area contributed by atoms with Crippen LogP contribution in [0.2, 0.25) is 0 Å². The van der Waals surface area contributed by atoms with E-state index in [2.05, 4.69) is 5.32 Å². The lowest BCUT2D eigenvalue weighted by atomic mass is 9.95. The first kappa shape index (κ1) is 22.4. The SMILES string of the molecule is O=C(Nc1c(F)cc(F)cc1-c1ccccc1)C1CCN(C(=O)/C=C/c2ccccc2)CC1. The van der Waals surface area contributed by atoms with Crippen LogP contribution in [0.1, 0.15) is 18.4 Å². The van der Waals surface area contributed by atoms with Crippen molar-refractivity contribution in [2.45, 2.75) is 12.8 Å². The Morgan fingerprint density at radius 3 is 2.21 bits per heavy atom. The highest BCUT2D eigenvalue weighted by atomic mass is 19.1. The number of rotatable bonds is 5. The molecule has 3 aromatic carbocycles. The summed E-state index contributed by atoms with van der Waals surface area (Å²) in [5.74, 6) is -2.32. The molecule has 4 rings (SSSR count). The van der Waals surface area contributed by atoms with Crippen molar-refractivity contribution >= 4 is 23.6 Å². The molecule has 0 aliphatic carbocycles. The molecular weight excluding hydrogens is 422 g/mol. The Labute approximate surface area is 191 Å². The van der Waals surface area contributed by atoms with E-state index in [0.29, 0.717) is 37.1 Å². The number of benzene rings is 3. The highest BCUT2D eigenvalue weighted by Gasteiger charge is 2.28. The van der Waals surface area contributed by atoms with Gasteiger partial charge in [-0.25, -0.2) is 8.78 Å². The van der Waals surface area contributed by atoms with Gasteiger partial charge >= 0.3 is 0 Å². The normalized spacial score (nSPS) is 14.4. The Kier molecular flexibility index (Phi) is 6.93. The molecule has 6 heteroatoms. The second-order valence-corrected chi connectivity index (χ2v) is 8.01. The van der Waals surface area contributed by atoms with Crippen LogP contribution >= 0.6 is 0 Å². The van der Waals surface area contributed by atoms with Gasteiger partial charge in [0.2, 0.25) is 11.8 Å². The molecule has 0 saturated carbocycles. The van der Waals surface area contributed by atoms with Gasteiger partial charge < -0.3 is 10.2 Å². The van der Waals surface area contributed by atoms with Crippen LogP contribution in [0, 0.1) is 17.6 Å². The number of piperidine rings is 1. The first-order valence-corrected chi connectivity index (χ1v) is 10.9. The summed E-state index contributed by atoms with van der Waals surface area (Å²) in [6.07, 6.45) is 4.25. The predicted molar refractivity (Wildman–Crippen MR) is 125 cm³/mol. The third-order valence-corrected chi connectivity index (χ3v) is 5.78. The van der Waals surface area contributed by atoms with Crippen molar-refractivity contribution in [3.05, 3.63) is 96.1 Å². The average Bonchev–Trinajstić information content (AvgIpc) is 2.85. The minimum Gasteiger partial charge on any atom is -0.339 e. The quantitative estimate of drug-likeness (QED) is 0.525. The first-order chi connectivity index (χ1) is 16.0. The van der Waals surface area contributed by atoms with E-state index in [-0.39, 0.29) is 23.4 Å². The third kappa shape index (κ3) is 5.52. The van der Waals surface area contributed by atoms with Crippen molar-refractivity contribution < 1.29 is 18.4 Å². The molecular formula is C27H24F2N2O2. The highest BCUT2D eigenvalue weighted by Crippen LogP contribution is 2.32. The molecule has 1 aliphatic rings. The molecule has 1 N–H and O–H groups in total. The third-order valence-electron chi connectivity index (χ3n) is 5.78. The molecule has 0 bridgehead atoms. The zero-order valence-corrected chi connectivity index (χ0v) is 18.0. The maximum Gasteiger partial charge on any atom is 0.246 e. The summed E-state index contributed by atoms with van der Waals surface area (Å²) in [6.45, 7) is 0.876. The van der Waals surface area contributed by atoms with Crippen molar-refractivity contribution in [1.29, 1.82) is 0 Å². The summed E-state index contributed by atoms with van der Waals surface area (Å²) in [4.78, 5) is 27.1. The maximum atomic E-state index is 14.6. The number of amides is 2. The standard InChI is InChI=1S/C27H24F2N2O2/c28-22-17-23(20-9-5-2-6-10-20)26(24(29)18-22)30-27(33)21-13-15-31(16-14-21)25(32)12-11-19-7-3-1-4-8-19/h1-12,17-18,21H,13-16H2,(H,30,33)/b12-11+. The number of hydrogen-bond acceptors (Lipinski definition) is 2. The van der Waals surface area contributed by atoms with Gasteiger partial charge in [0, 0.05) is 36.7 Å². The number of nitrogens with zero attached hydrogens (tertiary/aromatic N) is 1. The number of halogens is 2.